The van der Waals surface area contributed by atoms with Crippen LogP contribution in [-0.2, 0) is 4.79 Å². The highest BCUT2D eigenvalue weighted by atomic mass is 32.2. The van der Waals surface area contributed by atoms with E-state index in [9.17, 15) is 4.79 Å². The summed E-state index contributed by atoms with van der Waals surface area (Å²) in [6.45, 7) is 3.80. The predicted molar refractivity (Wildman–Crippen MR) is 101 cm³/mol. The summed E-state index contributed by atoms with van der Waals surface area (Å²) in [7, 11) is 1.58. The molecule has 0 bridgehead atoms. The van der Waals surface area contributed by atoms with Crippen LogP contribution >= 0.6 is 11.8 Å². The largest absolute Gasteiger partial charge is 0.497 e. The van der Waals surface area contributed by atoms with Gasteiger partial charge in [0.15, 0.2) is 0 Å². The number of amides is 1. The number of rotatable bonds is 6. The maximum Gasteiger partial charge on any atom is 0.277 e. The Bertz CT molecular complexity index is 893. The zero-order chi connectivity index (χ0) is 18.5. The van der Waals surface area contributed by atoms with Gasteiger partial charge in [0.25, 0.3) is 5.22 Å². The standard InChI is InChI=1S/C19H19N3O3S/c1-12-7-9-14(10-8-12)18-21-22-19(25-18)26-13(2)17(23)20-15-5-4-6-16(11-15)24-3/h4-11,13H,1-3H3,(H,20,23)/t13-/m0/s1. The van der Waals surface area contributed by atoms with Crippen LogP contribution in [0, 0.1) is 6.92 Å². The minimum absolute atomic E-state index is 0.154. The first-order valence-electron chi connectivity index (χ1n) is 8.07. The van der Waals surface area contributed by atoms with Crippen LogP contribution in [0.25, 0.3) is 11.5 Å². The summed E-state index contributed by atoms with van der Waals surface area (Å²) in [6.07, 6.45) is 0. The van der Waals surface area contributed by atoms with E-state index in [1.807, 2.05) is 43.3 Å². The van der Waals surface area contributed by atoms with E-state index in [1.165, 1.54) is 11.8 Å². The van der Waals surface area contributed by atoms with Gasteiger partial charge in [-0.05, 0) is 38.1 Å². The quantitative estimate of drug-likeness (QED) is 0.657. The number of aryl methyl sites for hydroxylation is 1. The normalized spacial score (nSPS) is 11.8. The number of benzene rings is 2. The van der Waals surface area contributed by atoms with Crippen molar-refractivity contribution in [3.63, 3.8) is 0 Å². The SMILES string of the molecule is COc1cccc(NC(=O)[C@H](C)Sc2nnc(-c3ccc(C)cc3)o2)c1. The van der Waals surface area contributed by atoms with Crippen molar-refractivity contribution in [2.45, 2.75) is 24.3 Å². The molecule has 0 aliphatic heterocycles. The van der Waals surface area contributed by atoms with Crippen LogP contribution < -0.4 is 10.1 Å². The molecule has 0 saturated carbocycles. The van der Waals surface area contributed by atoms with Crippen molar-refractivity contribution in [3.05, 3.63) is 54.1 Å². The van der Waals surface area contributed by atoms with Gasteiger partial charge in [0.2, 0.25) is 11.8 Å². The number of thioether (sulfide) groups is 1. The third kappa shape index (κ3) is 4.43. The molecule has 2 aromatic carbocycles. The van der Waals surface area contributed by atoms with Crippen molar-refractivity contribution in [2.75, 3.05) is 12.4 Å². The number of carbonyl (C=O) groups excluding carboxylic acids is 1. The van der Waals surface area contributed by atoms with Crippen molar-refractivity contribution in [3.8, 4) is 17.2 Å². The average Bonchev–Trinajstić information content (AvgIpc) is 3.11. The summed E-state index contributed by atoms with van der Waals surface area (Å²) in [5, 5.41) is 10.9. The van der Waals surface area contributed by atoms with E-state index in [1.54, 1.807) is 26.2 Å². The molecule has 1 aromatic heterocycles. The Kier molecular flexibility index (Phi) is 5.58. The third-order valence-electron chi connectivity index (χ3n) is 3.69. The lowest BCUT2D eigenvalue weighted by Crippen LogP contribution is -2.22. The second-order valence-electron chi connectivity index (χ2n) is 5.72. The van der Waals surface area contributed by atoms with E-state index < -0.39 is 5.25 Å². The average molecular weight is 369 g/mol. The first kappa shape index (κ1) is 18.0. The molecule has 0 saturated heterocycles. The second-order valence-corrected chi connectivity index (χ2v) is 7.01. The van der Waals surface area contributed by atoms with Gasteiger partial charge in [-0.2, -0.15) is 0 Å². The number of ether oxygens (including phenoxy) is 1. The number of nitrogens with zero attached hydrogens (tertiary/aromatic N) is 2. The van der Waals surface area contributed by atoms with Crippen molar-refractivity contribution in [1.29, 1.82) is 0 Å². The summed E-state index contributed by atoms with van der Waals surface area (Å²) in [5.74, 6) is 0.967. The second kappa shape index (κ2) is 8.05. The molecule has 3 rings (SSSR count). The molecule has 0 spiro atoms. The molecule has 1 heterocycles. The summed E-state index contributed by atoms with van der Waals surface area (Å²) in [4.78, 5) is 12.4. The Morgan fingerprint density at radius 2 is 1.96 bits per heavy atom. The van der Waals surface area contributed by atoms with Gasteiger partial charge in [0, 0.05) is 17.3 Å². The van der Waals surface area contributed by atoms with Crippen LogP contribution in [0.3, 0.4) is 0 Å². The summed E-state index contributed by atoms with van der Waals surface area (Å²) in [6, 6.07) is 15.0. The molecular weight excluding hydrogens is 350 g/mol. The molecule has 1 atom stereocenters. The van der Waals surface area contributed by atoms with Gasteiger partial charge in [-0.3, -0.25) is 4.79 Å². The lowest BCUT2D eigenvalue weighted by molar-refractivity contribution is -0.115. The van der Waals surface area contributed by atoms with Crippen LogP contribution in [0.4, 0.5) is 5.69 Å². The minimum atomic E-state index is -0.396. The van der Waals surface area contributed by atoms with E-state index in [4.69, 9.17) is 9.15 Å². The van der Waals surface area contributed by atoms with E-state index in [0.717, 1.165) is 11.1 Å². The fourth-order valence-corrected chi connectivity index (χ4v) is 2.90. The van der Waals surface area contributed by atoms with Crippen LogP contribution in [0.2, 0.25) is 0 Å². The van der Waals surface area contributed by atoms with Crippen molar-refractivity contribution in [1.82, 2.24) is 10.2 Å². The number of anilines is 1. The van der Waals surface area contributed by atoms with Crippen LogP contribution in [0.5, 0.6) is 5.75 Å². The lowest BCUT2D eigenvalue weighted by Gasteiger charge is -2.10. The number of hydrogen-bond acceptors (Lipinski definition) is 6. The summed E-state index contributed by atoms with van der Waals surface area (Å²) >= 11 is 1.22. The highest BCUT2D eigenvalue weighted by Crippen LogP contribution is 2.27. The Labute approximate surface area is 156 Å². The van der Waals surface area contributed by atoms with E-state index in [-0.39, 0.29) is 5.91 Å². The molecule has 134 valence electrons. The Morgan fingerprint density at radius 3 is 2.69 bits per heavy atom. The van der Waals surface area contributed by atoms with Crippen LogP contribution in [0.15, 0.2) is 58.2 Å². The molecule has 26 heavy (non-hydrogen) atoms. The zero-order valence-electron chi connectivity index (χ0n) is 14.7. The molecule has 6 nitrogen and oxygen atoms in total. The molecule has 0 aliphatic rings. The number of aromatic nitrogens is 2. The molecule has 1 N–H and O–H groups in total. The Morgan fingerprint density at radius 1 is 1.19 bits per heavy atom. The van der Waals surface area contributed by atoms with Gasteiger partial charge >= 0.3 is 0 Å². The van der Waals surface area contributed by atoms with Crippen LogP contribution in [-0.4, -0.2) is 28.5 Å². The van der Waals surface area contributed by atoms with Crippen LogP contribution in [0.1, 0.15) is 12.5 Å². The van der Waals surface area contributed by atoms with E-state index in [0.29, 0.717) is 22.6 Å². The number of methoxy groups -OCH3 is 1. The molecule has 0 radical (unpaired) electrons. The van der Waals surface area contributed by atoms with Crippen molar-refractivity contribution >= 4 is 23.4 Å². The number of nitrogens with one attached hydrogen (secondary N) is 1. The molecule has 1 amide bonds. The predicted octanol–water partition coefficient (Wildman–Crippen LogP) is 4.17. The molecule has 0 unspecified atom stereocenters. The molecule has 0 fully saturated rings. The van der Waals surface area contributed by atoms with Crippen molar-refractivity contribution in [2.24, 2.45) is 0 Å². The highest BCUT2D eigenvalue weighted by Gasteiger charge is 2.19. The highest BCUT2D eigenvalue weighted by molar-refractivity contribution is 8.00. The van der Waals surface area contributed by atoms with Gasteiger partial charge in [-0.25, -0.2) is 0 Å². The maximum absolute atomic E-state index is 12.4. The Balaban J connectivity index is 1.63. The first-order chi connectivity index (χ1) is 12.5. The fourth-order valence-electron chi connectivity index (χ4n) is 2.22. The minimum Gasteiger partial charge on any atom is -0.497 e. The topological polar surface area (TPSA) is 77.2 Å². The molecular formula is C19H19N3O3S. The number of carbonyl (C=O) groups is 1. The summed E-state index contributed by atoms with van der Waals surface area (Å²) < 4.78 is 10.8. The molecule has 3 aromatic rings. The maximum atomic E-state index is 12.4. The van der Waals surface area contributed by atoms with Gasteiger partial charge in [-0.15, -0.1) is 10.2 Å². The lowest BCUT2D eigenvalue weighted by atomic mass is 10.1. The fraction of sp³-hybridized carbons (Fsp3) is 0.211. The van der Waals surface area contributed by atoms with Gasteiger partial charge in [0.1, 0.15) is 5.75 Å². The van der Waals surface area contributed by atoms with Gasteiger partial charge < -0.3 is 14.5 Å². The van der Waals surface area contributed by atoms with E-state index in [2.05, 4.69) is 15.5 Å². The van der Waals surface area contributed by atoms with E-state index >= 15 is 0 Å². The summed E-state index contributed by atoms with van der Waals surface area (Å²) in [5.41, 5.74) is 2.68. The zero-order valence-corrected chi connectivity index (χ0v) is 15.5. The smallest absolute Gasteiger partial charge is 0.277 e. The van der Waals surface area contributed by atoms with Gasteiger partial charge in [0.05, 0.1) is 12.4 Å². The van der Waals surface area contributed by atoms with Crippen molar-refractivity contribution < 1.29 is 13.9 Å². The Hall–Kier alpha value is -2.80. The monoisotopic (exact) mass is 369 g/mol. The third-order valence-corrected chi connectivity index (χ3v) is 4.62. The first-order valence-corrected chi connectivity index (χ1v) is 8.95. The molecule has 0 aliphatic carbocycles. The number of hydrogen-bond donors (Lipinski definition) is 1. The van der Waals surface area contributed by atoms with Gasteiger partial charge in [-0.1, -0.05) is 35.5 Å². The molecule has 7 heteroatoms.